The second-order valence-electron chi connectivity index (χ2n) is 2.23. The van der Waals surface area contributed by atoms with E-state index in [-0.39, 0.29) is 21.4 Å². The average Bonchev–Trinajstić information content (AvgIpc) is 1.90. The van der Waals surface area contributed by atoms with E-state index >= 15 is 0 Å². The zero-order chi connectivity index (χ0) is 6.69. The third kappa shape index (κ3) is 2.72. The van der Waals surface area contributed by atoms with Gasteiger partial charge in [-0.3, -0.25) is 0 Å². The molecule has 1 aromatic carbocycles. The van der Waals surface area contributed by atoms with Gasteiger partial charge >= 0.3 is 0 Å². The van der Waals surface area contributed by atoms with E-state index in [4.69, 9.17) is 0 Å². The Balaban J connectivity index is 0.000000810. The number of hydrogen-bond donors (Lipinski definition) is 0. The van der Waals surface area contributed by atoms with Crippen molar-refractivity contribution in [2.45, 2.75) is 0 Å². The van der Waals surface area contributed by atoms with Gasteiger partial charge in [-0.2, -0.15) is 13.5 Å². The quantitative estimate of drug-likeness (QED) is 0.569. The second kappa shape index (κ2) is 4.76. The van der Waals surface area contributed by atoms with Crippen molar-refractivity contribution >= 4 is 26.7 Å². The maximum atomic E-state index is 2.27. The minimum Gasteiger partial charge on any atom is -0.197 e. The SMILES string of the molecule is CP(C)c1ccccc1.S. The van der Waals surface area contributed by atoms with E-state index in [9.17, 15) is 0 Å². The highest BCUT2D eigenvalue weighted by Gasteiger charge is 1.92. The zero-order valence-electron chi connectivity index (χ0n) is 6.33. The highest BCUT2D eigenvalue weighted by atomic mass is 32.1. The molecule has 56 valence electrons. The molecule has 0 fully saturated rings. The van der Waals surface area contributed by atoms with Crippen molar-refractivity contribution in [1.29, 1.82) is 0 Å². The van der Waals surface area contributed by atoms with Crippen LogP contribution in [0.15, 0.2) is 30.3 Å². The molecule has 0 spiro atoms. The van der Waals surface area contributed by atoms with Gasteiger partial charge in [0.15, 0.2) is 0 Å². The molecule has 0 N–H and O–H groups in total. The standard InChI is InChI=1S/C8H11P.H2S/c1-9(2)8-6-4-3-5-7-8;/h3-7H,1-2H3;1H2. The van der Waals surface area contributed by atoms with Gasteiger partial charge in [0.1, 0.15) is 0 Å². The first-order chi connectivity index (χ1) is 4.30. The zero-order valence-corrected chi connectivity index (χ0v) is 8.23. The molecule has 0 aliphatic rings. The summed E-state index contributed by atoms with van der Waals surface area (Å²) in [6.07, 6.45) is 0. The molecule has 0 bridgehead atoms. The molecular weight excluding hydrogens is 159 g/mol. The van der Waals surface area contributed by atoms with E-state index in [2.05, 4.69) is 43.7 Å². The first-order valence-electron chi connectivity index (χ1n) is 3.03. The van der Waals surface area contributed by atoms with Gasteiger partial charge in [0, 0.05) is 0 Å². The van der Waals surface area contributed by atoms with Crippen molar-refractivity contribution in [2.24, 2.45) is 0 Å². The van der Waals surface area contributed by atoms with Gasteiger partial charge in [-0.1, -0.05) is 38.3 Å². The van der Waals surface area contributed by atoms with Crippen molar-refractivity contribution in [2.75, 3.05) is 13.3 Å². The Morgan fingerprint density at radius 3 is 1.80 bits per heavy atom. The molecular formula is C8H13PS. The minimum absolute atomic E-state index is 0. The molecule has 0 heterocycles. The Labute approximate surface area is 70.9 Å². The monoisotopic (exact) mass is 172 g/mol. The predicted molar refractivity (Wildman–Crippen MR) is 55.2 cm³/mol. The smallest absolute Gasteiger partial charge is 0.0246 e. The van der Waals surface area contributed by atoms with Crippen LogP contribution in [0.25, 0.3) is 0 Å². The molecule has 0 saturated carbocycles. The number of benzene rings is 1. The Bertz CT molecular complexity index is 172. The van der Waals surface area contributed by atoms with Gasteiger partial charge < -0.3 is 0 Å². The summed E-state index contributed by atoms with van der Waals surface area (Å²) in [6.45, 7) is 4.54. The third-order valence-corrected chi connectivity index (χ3v) is 2.60. The van der Waals surface area contributed by atoms with Gasteiger partial charge in [-0.05, 0) is 18.6 Å². The lowest BCUT2D eigenvalue weighted by Gasteiger charge is -2.02. The van der Waals surface area contributed by atoms with Crippen LogP contribution in [0.5, 0.6) is 0 Å². The highest BCUT2D eigenvalue weighted by Crippen LogP contribution is 2.22. The van der Waals surface area contributed by atoms with Crippen LogP contribution in [0.2, 0.25) is 0 Å². The van der Waals surface area contributed by atoms with Crippen molar-refractivity contribution in [3.8, 4) is 0 Å². The molecule has 1 rings (SSSR count). The molecule has 0 radical (unpaired) electrons. The average molecular weight is 172 g/mol. The van der Waals surface area contributed by atoms with Gasteiger partial charge in [-0.25, -0.2) is 0 Å². The lowest BCUT2D eigenvalue weighted by molar-refractivity contribution is 1.77. The summed E-state index contributed by atoms with van der Waals surface area (Å²) in [7, 11) is 0.104. The Morgan fingerprint density at radius 1 is 1.00 bits per heavy atom. The molecule has 0 aliphatic heterocycles. The molecule has 0 aliphatic carbocycles. The van der Waals surface area contributed by atoms with E-state index in [1.165, 1.54) is 5.30 Å². The fourth-order valence-corrected chi connectivity index (χ4v) is 1.49. The molecule has 1 aromatic rings. The van der Waals surface area contributed by atoms with Crippen LogP contribution in [0.4, 0.5) is 0 Å². The summed E-state index contributed by atoms with van der Waals surface area (Å²) in [5.41, 5.74) is 0. The lowest BCUT2D eigenvalue weighted by Crippen LogP contribution is -1.95. The van der Waals surface area contributed by atoms with Gasteiger partial charge in [0.05, 0.1) is 0 Å². The number of hydrogen-bond acceptors (Lipinski definition) is 0. The Kier molecular flexibility index (Phi) is 4.76. The normalized spacial score (nSPS) is 9.10. The summed E-state index contributed by atoms with van der Waals surface area (Å²) in [6, 6.07) is 10.6. The van der Waals surface area contributed by atoms with E-state index < -0.39 is 0 Å². The van der Waals surface area contributed by atoms with Crippen molar-refractivity contribution in [3.63, 3.8) is 0 Å². The van der Waals surface area contributed by atoms with Gasteiger partial charge in [-0.15, -0.1) is 0 Å². The Morgan fingerprint density at radius 2 is 1.50 bits per heavy atom. The topological polar surface area (TPSA) is 0 Å². The molecule has 0 unspecified atom stereocenters. The molecule has 0 atom stereocenters. The largest absolute Gasteiger partial charge is 0.197 e. The summed E-state index contributed by atoms with van der Waals surface area (Å²) in [5, 5.41) is 1.48. The summed E-state index contributed by atoms with van der Waals surface area (Å²) >= 11 is 0. The van der Waals surface area contributed by atoms with E-state index in [1.54, 1.807) is 0 Å². The van der Waals surface area contributed by atoms with Gasteiger partial charge in [0.25, 0.3) is 0 Å². The Hall–Kier alpha value is -0.0000000000000000555. The van der Waals surface area contributed by atoms with Gasteiger partial charge in [0.2, 0.25) is 0 Å². The third-order valence-electron chi connectivity index (χ3n) is 1.27. The maximum Gasteiger partial charge on any atom is -0.0246 e. The molecule has 10 heavy (non-hydrogen) atoms. The fourth-order valence-electron chi connectivity index (χ4n) is 0.726. The van der Waals surface area contributed by atoms with Crippen molar-refractivity contribution < 1.29 is 0 Å². The molecule has 0 amide bonds. The summed E-state index contributed by atoms with van der Waals surface area (Å²) < 4.78 is 0. The van der Waals surface area contributed by atoms with Crippen molar-refractivity contribution in [1.82, 2.24) is 0 Å². The molecule has 0 saturated heterocycles. The first kappa shape index (κ1) is 10.0. The maximum absolute atomic E-state index is 2.27. The van der Waals surface area contributed by atoms with Crippen LogP contribution in [0, 0.1) is 0 Å². The lowest BCUT2D eigenvalue weighted by atomic mass is 10.4. The molecule has 2 heteroatoms. The van der Waals surface area contributed by atoms with Crippen LogP contribution in [0.3, 0.4) is 0 Å². The van der Waals surface area contributed by atoms with Crippen LogP contribution < -0.4 is 5.30 Å². The first-order valence-corrected chi connectivity index (χ1v) is 5.26. The highest BCUT2D eigenvalue weighted by molar-refractivity contribution is 7.64. The van der Waals surface area contributed by atoms with E-state index in [1.807, 2.05) is 0 Å². The summed E-state index contributed by atoms with van der Waals surface area (Å²) in [5.74, 6) is 0. The van der Waals surface area contributed by atoms with Crippen LogP contribution in [0.1, 0.15) is 0 Å². The molecule has 0 aromatic heterocycles. The number of rotatable bonds is 1. The molecule has 0 nitrogen and oxygen atoms in total. The predicted octanol–water partition coefficient (Wildman–Crippen LogP) is 2.17. The van der Waals surface area contributed by atoms with Crippen LogP contribution >= 0.6 is 21.4 Å². The van der Waals surface area contributed by atoms with E-state index in [0.717, 1.165) is 0 Å². The second-order valence-corrected chi connectivity index (χ2v) is 4.54. The summed E-state index contributed by atoms with van der Waals surface area (Å²) in [4.78, 5) is 0. The van der Waals surface area contributed by atoms with Crippen LogP contribution in [-0.2, 0) is 0 Å². The minimum atomic E-state index is 0. The van der Waals surface area contributed by atoms with Crippen molar-refractivity contribution in [3.05, 3.63) is 30.3 Å². The van der Waals surface area contributed by atoms with E-state index in [0.29, 0.717) is 0 Å². The van der Waals surface area contributed by atoms with Crippen LogP contribution in [-0.4, -0.2) is 13.3 Å². The fraction of sp³-hybridized carbons (Fsp3) is 0.250.